The van der Waals surface area contributed by atoms with Crippen LogP contribution in [0, 0.1) is 13.8 Å². The minimum Gasteiger partial charge on any atom is -0.338 e. The third-order valence-electron chi connectivity index (χ3n) is 5.93. The Balaban J connectivity index is 1.17. The van der Waals surface area contributed by atoms with Gasteiger partial charge in [0.1, 0.15) is 0 Å². The van der Waals surface area contributed by atoms with Crippen LogP contribution in [0.2, 0.25) is 0 Å². The zero-order chi connectivity index (χ0) is 21.4. The van der Waals surface area contributed by atoms with Crippen LogP contribution in [0.15, 0.2) is 41.1 Å². The molecular formula is C23H27N7O. The summed E-state index contributed by atoms with van der Waals surface area (Å²) in [4.78, 5) is 14.0. The molecule has 0 unspecified atom stereocenters. The van der Waals surface area contributed by atoms with Crippen LogP contribution >= 0.6 is 0 Å². The van der Waals surface area contributed by atoms with Crippen LogP contribution in [-0.2, 0) is 20.1 Å². The van der Waals surface area contributed by atoms with Crippen molar-refractivity contribution in [3.05, 3.63) is 59.2 Å². The number of hydrogen-bond acceptors (Lipinski definition) is 7. The lowest BCUT2D eigenvalue weighted by atomic mass is 10.1. The number of pyridine rings is 1. The molecule has 0 amide bonds. The maximum Gasteiger partial charge on any atom is 0.241 e. The quantitative estimate of drug-likeness (QED) is 0.494. The molecule has 8 nitrogen and oxygen atoms in total. The predicted molar refractivity (Wildman–Crippen MR) is 118 cm³/mol. The van der Waals surface area contributed by atoms with Gasteiger partial charge in [0.25, 0.3) is 0 Å². The Morgan fingerprint density at radius 2 is 1.68 bits per heavy atom. The first-order valence-electron chi connectivity index (χ1n) is 10.7. The number of piperazine rings is 1. The summed E-state index contributed by atoms with van der Waals surface area (Å²) < 4.78 is 7.34. The smallest absolute Gasteiger partial charge is 0.241 e. The molecule has 1 aliphatic heterocycles. The molecule has 0 radical (unpaired) electrons. The third kappa shape index (κ3) is 4.22. The average molecular weight is 418 g/mol. The molecule has 0 N–H and O–H groups in total. The Labute approximate surface area is 181 Å². The molecular weight excluding hydrogens is 390 g/mol. The van der Waals surface area contributed by atoms with Crippen LogP contribution in [0.5, 0.6) is 0 Å². The number of aryl methyl sites for hydroxylation is 3. The van der Waals surface area contributed by atoms with Crippen molar-refractivity contribution in [3.8, 4) is 11.4 Å². The Morgan fingerprint density at radius 3 is 2.42 bits per heavy atom. The lowest BCUT2D eigenvalue weighted by Crippen LogP contribution is -2.45. The Kier molecular flexibility index (Phi) is 5.25. The van der Waals surface area contributed by atoms with Crippen molar-refractivity contribution < 1.29 is 4.52 Å². The maximum absolute atomic E-state index is 5.50. The second kappa shape index (κ2) is 8.20. The minimum atomic E-state index is 0.655. The lowest BCUT2D eigenvalue weighted by Gasteiger charge is -2.33. The van der Waals surface area contributed by atoms with Crippen molar-refractivity contribution in [1.29, 1.82) is 0 Å². The molecule has 3 aromatic heterocycles. The van der Waals surface area contributed by atoms with E-state index in [-0.39, 0.29) is 0 Å². The fourth-order valence-corrected chi connectivity index (χ4v) is 4.13. The van der Waals surface area contributed by atoms with Crippen LogP contribution in [0.25, 0.3) is 22.4 Å². The van der Waals surface area contributed by atoms with Crippen LogP contribution in [-0.4, -0.2) is 60.9 Å². The van der Waals surface area contributed by atoms with Crippen molar-refractivity contribution in [2.75, 3.05) is 26.2 Å². The number of fused-ring (bicyclic) bond motifs is 1. The third-order valence-corrected chi connectivity index (χ3v) is 5.93. The van der Waals surface area contributed by atoms with E-state index >= 15 is 0 Å². The Hall–Kier alpha value is -3.10. The molecule has 4 aromatic rings. The normalized spacial score (nSPS) is 15.7. The standard InChI is InChI=1S/C23H27N7O/c1-16-4-6-19(7-5-16)22-25-21(31-27-22)15-30-10-8-29(9-11-30)14-18-12-20-17(2)26-28(3)23(20)24-13-18/h4-7,12-13H,8-11,14-15H2,1-3H3. The van der Waals surface area contributed by atoms with Gasteiger partial charge in [0, 0.05) is 56.9 Å². The van der Waals surface area contributed by atoms with E-state index in [0.717, 1.165) is 55.0 Å². The van der Waals surface area contributed by atoms with Gasteiger partial charge in [-0.05, 0) is 25.5 Å². The summed E-state index contributed by atoms with van der Waals surface area (Å²) in [6.45, 7) is 9.66. The van der Waals surface area contributed by atoms with E-state index < -0.39 is 0 Å². The zero-order valence-corrected chi connectivity index (χ0v) is 18.2. The minimum absolute atomic E-state index is 0.655. The summed E-state index contributed by atoms with van der Waals surface area (Å²) in [5.74, 6) is 1.33. The zero-order valence-electron chi connectivity index (χ0n) is 18.2. The summed E-state index contributed by atoms with van der Waals surface area (Å²) in [7, 11) is 1.94. The average Bonchev–Trinajstić information content (AvgIpc) is 3.34. The van der Waals surface area contributed by atoms with Gasteiger partial charge in [0.15, 0.2) is 5.65 Å². The molecule has 1 fully saturated rings. The van der Waals surface area contributed by atoms with E-state index in [4.69, 9.17) is 4.52 Å². The van der Waals surface area contributed by atoms with Gasteiger partial charge in [-0.15, -0.1) is 0 Å². The summed E-state index contributed by atoms with van der Waals surface area (Å²) in [6.07, 6.45) is 1.97. The van der Waals surface area contributed by atoms with Gasteiger partial charge in [-0.3, -0.25) is 14.5 Å². The highest BCUT2D eigenvalue weighted by molar-refractivity contribution is 5.78. The Bertz CT molecular complexity index is 1190. The van der Waals surface area contributed by atoms with Crippen molar-refractivity contribution in [1.82, 2.24) is 34.7 Å². The van der Waals surface area contributed by atoms with E-state index in [1.807, 2.05) is 37.0 Å². The first kappa shape index (κ1) is 19.8. The topological polar surface area (TPSA) is 76.1 Å². The molecule has 0 bridgehead atoms. The van der Waals surface area contributed by atoms with E-state index in [0.29, 0.717) is 18.3 Å². The molecule has 8 heteroatoms. The molecule has 1 saturated heterocycles. The molecule has 5 rings (SSSR count). The monoisotopic (exact) mass is 417 g/mol. The largest absolute Gasteiger partial charge is 0.338 e. The first-order chi connectivity index (χ1) is 15.0. The maximum atomic E-state index is 5.50. The number of nitrogens with zero attached hydrogens (tertiary/aromatic N) is 7. The Morgan fingerprint density at radius 1 is 0.968 bits per heavy atom. The summed E-state index contributed by atoms with van der Waals surface area (Å²) >= 11 is 0. The van der Waals surface area contributed by atoms with Crippen LogP contribution < -0.4 is 0 Å². The molecule has 160 valence electrons. The molecule has 1 aromatic carbocycles. The summed E-state index contributed by atoms with van der Waals surface area (Å²) in [5, 5.41) is 9.75. The summed E-state index contributed by atoms with van der Waals surface area (Å²) in [5.41, 5.74) is 5.41. The SMILES string of the molecule is Cc1ccc(-c2noc(CN3CCN(Cc4cnc5c(c4)c(C)nn5C)CC3)n2)cc1. The van der Waals surface area contributed by atoms with Gasteiger partial charge in [-0.2, -0.15) is 10.1 Å². The molecule has 0 saturated carbocycles. The number of hydrogen-bond donors (Lipinski definition) is 0. The summed E-state index contributed by atoms with van der Waals surface area (Å²) in [6, 6.07) is 10.4. The fourth-order valence-electron chi connectivity index (χ4n) is 4.13. The van der Waals surface area contributed by atoms with Crippen molar-refractivity contribution >= 4 is 11.0 Å². The van der Waals surface area contributed by atoms with Crippen LogP contribution in [0.1, 0.15) is 22.7 Å². The number of aromatic nitrogens is 5. The molecule has 0 spiro atoms. The van der Waals surface area contributed by atoms with Gasteiger partial charge in [-0.1, -0.05) is 35.0 Å². The highest BCUT2D eigenvalue weighted by Crippen LogP contribution is 2.19. The van der Waals surface area contributed by atoms with Gasteiger partial charge < -0.3 is 4.52 Å². The second-order valence-electron chi connectivity index (χ2n) is 8.35. The lowest BCUT2D eigenvalue weighted by molar-refractivity contribution is 0.112. The second-order valence-corrected chi connectivity index (χ2v) is 8.35. The highest BCUT2D eigenvalue weighted by Gasteiger charge is 2.20. The van der Waals surface area contributed by atoms with E-state index in [1.54, 1.807) is 0 Å². The molecule has 0 atom stereocenters. The fraction of sp³-hybridized carbons (Fsp3) is 0.391. The number of rotatable bonds is 5. The molecule has 1 aliphatic rings. The van der Waals surface area contributed by atoms with E-state index in [1.165, 1.54) is 11.1 Å². The molecule has 4 heterocycles. The van der Waals surface area contributed by atoms with Crippen LogP contribution in [0.3, 0.4) is 0 Å². The van der Waals surface area contributed by atoms with E-state index in [9.17, 15) is 0 Å². The van der Waals surface area contributed by atoms with Crippen molar-refractivity contribution in [3.63, 3.8) is 0 Å². The van der Waals surface area contributed by atoms with Gasteiger partial charge in [-0.25, -0.2) is 4.98 Å². The van der Waals surface area contributed by atoms with Crippen molar-refractivity contribution in [2.45, 2.75) is 26.9 Å². The predicted octanol–water partition coefficient (Wildman–Crippen LogP) is 2.95. The molecule has 0 aliphatic carbocycles. The molecule has 31 heavy (non-hydrogen) atoms. The van der Waals surface area contributed by atoms with Gasteiger partial charge >= 0.3 is 0 Å². The number of benzene rings is 1. The van der Waals surface area contributed by atoms with Crippen molar-refractivity contribution in [2.24, 2.45) is 7.05 Å². The van der Waals surface area contributed by atoms with Gasteiger partial charge in [0.2, 0.25) is 11.7 Å². The highest BCUT2D eigenvalue weighted by atomic mass is 16.5. The first-order valence-corrected chi connectivity index (χ1v) is 10.7. The van der Waals surface area contributed by atoms with Gasteiger partial charge in [0.05, 0.1) is 12.2 Å². The van der Waals surface area contributed by atoms with Crippen LogP contribution in [0.4, 0.5) is 0 Å². The van der Waals surface area contributed by atoms with E-state index in [2.05, 4.69) is 55.1 Å².